The van der Waals surface area contributed by atoms with Crippen LogP contribution in [0.4, 0.5) is 8.78 Å². The van der Waals surface area contributed by atoms with E-state index < -0.39 is 23.6 Å². The molecule has 0 radical (unpaired) electrons. The van der Waals surface area contributed by atoms with Gasteiger partial charge in [-0.3, -0.25) is 14.0 Å². The summed E-state index contributed by atoms with van der Waals surface area (Å²) < 4.78 is 29.6. The first-order chi connectivity index (χ1) is 17.4. The van der Waals surface area contributed by atoms with Crippen molar-refractivity contribution in [3.05, 3.63) is 117 Å². The number of rotatable bonds is 9. The van der Waals surface area contributed by atoms with Crippen LogP contribution in [-0.4, -0.2) is 33.3 Å². The average molecular weight is 491 g/mol. The second-order valence-electron chi connectivity index (χ2n) is 8.56. The van der Waals surface area contributed by atoms with E-state index in [0.717, 1.165) is 17.7 Å². The smallest absolute Gasteiger partial charge is 0.261 e. The molecule has 1 amide bonds. The van der Waals surface area contributed by atoms with Crippen LogP contribution in [0.3, 0.4) is 0 Å². The molecule has 0 fully saturated rings. The molecule has 6 nitrogen and oxygen atoms in total. The molecule has 1 unspecified atom stereocenters. The Bertz CT molecular complexity index is 1420. The van der Waals surface area contributed by atoms with Gasteiger partial charge >= 0.3 is 0 Å². The van der Waals surface area contributed by atoms with Crippen molar-refractivity contribution in [1.29, 1.82) is 0 Å². The third-order valence-electron chi connectivity index (χ3n) is 6.19. The standard InChI is InChI=1S/C28H28F2N4O2/c1-2-24(33(16-8-14-31)27(35)21-13-12-20(29)18-23(21)30)26-22(17-19-9-4-3-5-10-19)28(36)34-15-7-6-11-25(34)32-26/h3-7,9-13,15,18,24H,2,8,14,16-17,31H2,1H3. The fourth-order valence-corrected chi connectivity index (χ4v) is 4.42. The van der Waals surface area contributed by atoms with Gasteiger partial charge in [0.2, 0.25) is 0 Å². The highest BCUT2D eigenvalue weighted by Gasteiger charge is 2.30. The molecule has 4 aromatic rings. The molecule has 1 atom stereocenters. The molecule has 0 spiro atoms. The summed E-state index contributed by atoms with van der Waals surface area (Å²) in [4.78, 5) is 33.6. The van der Waals surface area contributed by atoms with Crippen LogP contribution in [-0.2, 0) is 6.42 Å². The first-order valence-electron chi connectivity index (χ1n) is 11.9. The Hall–Kier alpha value is -3.91. The molecule has 186 valence electrons. The number of carbonyl (C=O) groups excluding carboxylic acids is 1. The fourth-order valence-electron chi connectivity index (χ4n) is 4.42. The minimum absolute atomic E-state index is 0.225. The lowest BCUT2D eigenvalue weighted by molar-refractivity contribution is 0.0659. The molecule has 2 aromatic heterocycles. The third kappa shape index (κ3) is 5.18. The molecule has 36 heavy (non-hydrogen) atoms. The molecule has 0 saturated heterocycles. The summed E-state index contributed by atoms with van der Waals surface area (Å²) >= 11 is 0. The molecule has 0 aliphatic rings. The number of nitrogens with zero attached hydrogens (tertiary/aromatic N) is 3. The lowest BCUT2D eigenvalue weighted by Gasteiger charge is -2.32. The average Bonchev–Trinajstić information content (AvgIpc) is 2.88. The summed E-state index contributed by atoms with van der Waals surface area (Å²) in [6.07, 6.45) is 2.87. The third-order valence-corrected chi connectivity index (χ3v) is 6.19. The van der Waals surface area contributed by atoms with Gasteiger partial charge in [0.05, 0.1) is 17.3 Å². The highest BCUT2D eigenvalue weighted by Crippen LogP contribution is 2.29. The molecule has 2 aromatic carbocycles. The highest BCUT2D eigenvalue weighted by atomic mass is 19.1. The van der Waals surface area contributed by atoms with E-state index in [1.807, 2.05) is 37.3 Å². The Morgan fingerprint density at radius 2 is 1.83 bits per heavy atom. The van der Waals surface area contributed by atoms with Crippen molar-refractivity contribution in [3.63, 3.8) is 0 Å². The number of fused-ring (bicyclic) bond motifs is 1. The Morgan fingerprint density at radius 3 is 2.53 bits per heavy atom. The molecular weight excluding hydrogens is 462 g/mol. The van der Waals surface area contributed by atoms with Gasteiger partial charge in [0.15, 0.2) is 0 Å². The van der Waals surface area contributed by atoms with E-state index in [9.17, 15) is 18.4 Å². The Kier molecular flexibility index (Phi) is 7.85. The van der Waals surface area contributed by atoms with Gasteiger partial charge in [-0.25, -0.2) is 13.8 Å². The molecule has 0 aliphatic carbocycles. The molecule has 2 heterocycles. The van der Waals surface area contributed by atoms with Crippen molar-refractivity contribution >= 4 is 11.6 Å². The van der Waals surface area contributed by atoms with Crippen molar-refractivity contribution < 1.29 is 13.6 Å². The number of hydrogen-bond acceptors (Lipinski definition) is 4. The zero-order chi connectivity index (χ0) is 25.7. The molecule has 0 saturated carbocycles. The maximum atomic E-state index is 14.6. The minimum Gasteiger partial charge on any atom is -0.330 e. The number of nitrogens with two attached hydrogens (primary N) is 1. The summed E-state index contributed by atoms with van der Waals surface area (Å²) in [5.74, 6) is -2.31. The van der Waals surface area contributed by atoms with E-state index in [4.69, 9.17) is 10.7 Å². The lowest BCUT2D eigenvalue weighted by atomic mass is 9.97. The van der Waals surface area contributed by atoms with Gasteiger partial charge in [0.25, 0.3) is 11.5 Å². The van der Waals surface area contributed by atoms with Crippen LogP contribution < -0.4 is 11.3 Å². The minimum atomic E-state index is -0.941. The number of aromatic nitrogens is 2. The van der Waals surface area contributed by atoms with Crippen LogP contribution in [0.15, 0.2) is 77.7 Å². The predicted molar refractivity (Wildman–Crippen MR) is 135 cm³/mol. The van der Waals surface area contributed by atoms with Gasteiger partial charge in [-0.15, -0.1) is 0 Å². The van der Waals surface area contributed by atoms with Crippen LogP contribution in [0.1, 0.15) is 53.0 Å². The summed E-state index contributed by atoms with van der Waals surface area (Å²) in [6.45, 7) is 2.43. The van der Waals surface area contributed by atoms with E-state index in [1.165, 1.54) is 9.30 Å². The van der Waals surface area contributed by atoms with E-state index in [2.05, 4.69) is 0 Å². The number of benzene rings is 2. The summed E-state index contributed by atoms with van der Waals surface area (Å²) in [6, 6.07) is 17.1. The number of hydrogen-bond donors (Lipinski definition) is 1. The number of amides is 1. The quantitative estimate of drug-likeness (QED) is 0.375. The zero-order valence-corrected chi connectivity index (χ0v) is 20.0. The van der Waals surface area contributed by atoms with Gasteiger partial charge in [0, 0.05) is 30.8 Å². The molecule has 8 heteroatoms. The van der Waals surface area contributed by atoms with Gasteiger partial charge in [-0.2, -0.15) is 0 Å². The van der Waals surface area contributed by atoms with Crippen molar-refractivity contribution in [3.8, 4) is 0 Å². The monoisotopic (exact) mass is 490 g/mol. The van der Waals surface area contributed by atoms with Crippen LogP contribution in [0.25, 0.3) is 5.65 Å². The first-order valence-corrected chi connectivity index (χ1v) is 11.9. The number of pyridine rings is 1. The molecule has 0 aliphatic heterocycles. The Morgan fingerprint density at radius 1 is 1.08 bits per heavy atom. The van der Waals surface area contributed by atoms with Crippen molar-refractivity contribution in [2.45, 2.75) is 32.2 Å². The van der Waals surface area contributed by atoms with Crippen molar-refractivity contribution in [2.75, 3.05) is 13.1 Å². The second kappa shape index (κ2) is 11.2. The number of carbonyl (C=O) groups is 1. The summed E-state index contributed by atoms with van der Waals surface area (Å²) in [7, 11) is 0. The second-order valence-corrected chi connectivity index (χ2v) is 8.56. The molecule has 2 N–H and O–H groups in total. The first kappa shape index (κ1) is 25.2. The number of halogens is 2. The van der Waals surface area contributed by atoms with Crippen LogP contribution in [0.2, 0.25) is 0 Å². The topological polar surface area (TPSA) is 80.7 Å². The summed E-state index contributed by atoms with van der Waals surface area (Å²) in [5.41, 5.74) is 7.58. The highest BCUT2D eigenvalue weighted by molar-refractivity contribution is 5.94. The SMILES string of the molecule is CCC(c1nc2ccccn2c(=O)c1Cc1ccccc1)N(CCCN)C(=O)c1ccc(F)cc1F. The normalized spacial score (nSPS) is 12.0. The van der Waals surface area contributed by atoms with E-state index in [-0.39, 0.29) is 17.7 Å². The Labute approximate surface area is 208 Å². The Balaban J connectivity index is 1.88. The molecule has 4 rings (SSSR count). The van der Waals surface area contributed by atoms with Crippen LogP contribution in [0.5, 0.6) is 0 Å². The van der Waals surface area contributed by atoms with Gasteiger partial charge in [0.1, 0.15) is 17.3 Å². The zero-order valence-electron chi connectivity index (χ0n) is 20.0. The van der Waals surface area contributed by atoms with Gasteiger partial charge in [-0.05, 0) is 49.2 Å². The predicted octanol–water partition coefficient (Wildman–Crippen LogP) is 4.51. The van der Waals surface area contributed by atoms with Gasteiger partial charge in [-0.1, -0.05) is 43.3 Å². The van der Waals surface area contributed by atoms with E-state index in [1.54, 1.807) is 24.4 Å². The van der Waals surface area contributed by atoms with Crippen LogP contribution in [0, 0.1) is 11.6 Å². The van der Waals surface area contributed by atoms with Crippen LogP contribution >= 0.6 is 0 Å². The van der Waals surface area contributed by atoms with Crippen molar-refractivity contribution in [1.82, 2.24) is 14.3 Å². The molecular formula is C28H28F2N4O2. The lowest BCUT2D eigenvalue weighted by Crippen LogP contribution is -2.39. The van der Waals surface area contributed by atoms with E-state index in [0.29, 0.717) is 48.8 Å². The molecule has 0 bridgehead atoms. The largest absolute Gasteiger partial charge is 0.330 e. The van der Waals surface area contributed by atoms with Gasteiger partial charge < -0.3 is 10.6 Å². The maximum Gasteiger partial charge on any atom is 0.261 e. The summed E-state index contributed by atoms with van der Waals surface area (Å²) in [5, 5.41) is 0. The maximum absolute atomic E-state index is 14.6. The fraction of sp³-hybridized carbons (Fsp3) is 0.250. The van der Waals surface area contributed by atoms with E-state index >= 15 is 0 Å². The van der Waals surface area contributed by atoms with Crippen molar-refractivity contribution in [2.24, 2.45) is 5.73 Å².